The molecule has 0 heterocycles. The van der Waals surface area contributed by atoms with Crippen molar-refractivity contribution >= 4 is 21.9 Å². The quantitative estimate of drug-likeness (QED) is 0.0409. The first-order chi connectivity index (χ1) is 26.2. The van der Waals surface area contributed by atoms with Crippen LogP contribution in [-0.4, -0.2) is 99.1 Å². The van der Waals surface area contributed by atoms with E-state index in [9.17, 15) is 61.3 Å². The van der Waals surface area contributed by atoms with E-state index < -0.39 is 82.3 Å². The molecule has 7 atom stereocenters. The molecule has 7 unspecified atom stereocenters. The third-order valence-corrected chi connectivity index (χ3v) is 12.7. The van der Waals surface area contributed by atoms with Gasteiger partial charge < -0.3 is 14.2 Å². The molecule has 0 spiro atoms. The Morgan fingerprint density at radius 3 is 2.02 bits per heavy atom. The van der Waals surface area contributed by atoms with Crippen LogP contribution in [0.25, 0.3) is 0 Å². The lowest BCUT2D eigenvalue weighted by atomic mass is 9.82. The maximum absolute atomic E-state index is 15.6. The molecule has 2 fully saturated rings. The molecule has 328 valence electrons. The van der Waals surface area contributed by atoms with Gasteiger partial charge >= 0.3 is 35.8 Å². The van der Waals surface area contributed by atoms with E-state index in [0.717, 1.165) is 17.9 Å². The number of ether oxygens (including phenoxy) is 3. The first-order valence-electron chi connectivity index (χ1n) is 17.8. The van der Waals surface area contributed by atoms with E-state index in [4.69, 9.17) is 14.2 Å². The van der Waals surface area contributed by atoms with Gasteiger partial charge in [0.15, 0.2) is 0 Å². The Balaban J connectivity index is 1.94. The summed E-state index contributed by atoms with van der Waals surface area (Å²) < 4.78 is 231. The van der Waals surface area contributed by atoms with Crippen LogP contribution in [0.4, 0.5) is 57.1 Å². The third kappa shape index (κ3) is 11.5. The first kappa shape index (κ1) is 49.1. The van der Waals surface area contributed by atoms with E-state index in [-0.39, 0.29) is 55.2 Å². The van der Waals surface area contributed by atoms with Crippen LogP contribution in [-0.2, 0) is 30.7 Å². The van der Waals surface area contributed by atoms with Crippen molar-refractivity contribution in [3.63, 3.8) is 0 Å². The van der Waals surface area contributed by atoms with Crippen LogP contribution in [0.5, 0.6) is 0 Å². The summed E-state index contributed by atoms with van der Waals surface area (Å²) >= 11 is 1.32. The average Bonchev–Trinajstić information content (AvgIpc) is 3.72. The summed E-state index contributed by atoms with van der Waals surface area (Å²) in [5, 5.41) is -0.191. The van der Waals surface area contributed by atoms with E-state index in [1.807, 2.05) is 30.3 Å². The van der Waals surface area contributed by atoms with Crippen LogP contribution in [0.15, 0.2) is 54.8 Å². The fraction of sp³-hybridized carbons (Fsp3) is 0.722. The lowest BCUT2D eigenvalue weighted by molar-refractivity contribution is -0.443. The van der Waals surface area contributed by atoms with E-state index in [1.165, 1.54) is 31.9 Å². The van der Waals surface area contributed by atoms with Crippen molar-refractivity contribution in [2.45, 2.75) is 80.1 Å². The lowest BCUT2D eigenvalue weighted by Crippen LogP contribution is -2.71. The van der Waals surface area contributed by atoms with Gasteiger partial charge in [-0.05, 0) is 80.3 Å². The highest BCUT2D eigenvalue weighted by Gasteiger charge is 2.91. The van der Waals surface area contributed by atoms with Gasteiger partial charge in [-0.15, -0.1) is 0 Å². The lowest BCUT2D eigenvalue weighted by Gasteiger charge is -2.42. The number of hydrogen-bond donors (Lipinski definition) is 1. The van der Waals surface area contributed by atoms with Gasteiger partial charge in [0.1, 0.15) is 0 Å². The van der Waals surface area contributed by atoms with Crippen molar-refractivity contribution in [2.75, 3.05) is 45.0 Å². The van der Waals surface area contributed by atoms with Crippen LogP contribution in [0.1, 0.15) is 38.2 Å². The second kappa shape index (κ2) is 19.4. The molecule has 1 aromatic carbocycles. The van der Waals surface area contributed by atoms with Gasteiger partial charge in [0.25, 0.3) is 10.1 Å². The topological polar surface area (TPSA) is 82.1 Å². The van der Waals surface area contributed by atoms with Crippen LogP contribution in [0.3, 0.4) is 0 Å². The Hall–Kier alpha value is -2.23. The van der Waals surface area contributed by atoms with Gasteiger partial charge in [0.05, 0.1) is 38.4 Å². The molecule has 0 aliphatic heterocycles. The molecule has 2 aliphatic carbocycles. The number of rotatable bonds is 22. The summed E-state index contributed by atoms with van der Waals surface area (Å²) in [6.07, 6.45) is -3.06. The second-order valence-electron chi connectivity index (χ2n) is 14.2. The highest BCUT2D eigenvalue weighted by Crippen LogP contribution is 2.63. The SMILES string of the molecule is CCO/C=C\C1CC(/C=C/C2CC(C(Cc3ccccc3)SCCS(=O)(=O)O)CC2COCCOC)CC1C(F)(F)C(F)(F)C(F)(F)C(F)(F)C(F)(F)C(F)(F)F. The smallest absolute Gasteiger partial charge is 0.460 e. The van der Waals surface area contributed by atoms with Crippen molar-refractivity contribution in [3.05, 3.63) is 60.4 Å². The molecule has 1 N–H and O–H groups in total. The summed E-state index contributed by atoms with van der Waals surface area (Å²) in [5.41, 5.74) is 0.931. The summed E-state index contributed by atoms with van der Waals surface area (Å²) in [7, 11) is -2.82. The summed E-state index contributed by atoms with van der Waals surface area (Å²) in [6.45, 7) is 1.99. The molecule has 0 bridgehead atoms. The van der Waals surface area contributed by atoms with Gasteiger partial charge in [-0.1, -0.05) is 42.5 Å². The standard InChI is InChI=1S/C36H45F13O6S2/c1-3-54-12-11-26-17-24(18-29(26)31(37,38)32(39,40)33(41,42)34(43,44)35(45,46)36(47,48)49)9-10-25-20-27(21-28(25)22-55-14-13-53-2)30(56-15-16-57(50,51)52)19-23-7-5-4-6-8-23/h4-12,24-30H,3,13-22H2,1-2H3,(H,50,51,52)/b10-9+,12-11-. The number of thioether (sulfide) groups is 1. The van der Waals surface area contributed by atoms with Crippen molar-refractivity contribution < 1.29 is 84.3 Å². The normalized spacial score (nSPS) is 25.2. The van der Waals surface area contributed by atoms with Gasteiger partial charge in [-0.25, -0.2) is 0 Å². The molecule has 2 aliphatic rings. The monoisotopic (exact) mass is 884 g/mol. The molecule has 0 radical (unpaired) electrons. The first-order valence-corrected chi connectivity index (χ1v) is 20.5. The predicted octanol–water partition coefficient (Wildman–Crippen LogP) is 10.0. The van der Waals surface area contributed by atoms with Gasteiger partial charge in [0.2, 0.25) is 0 Å². The number of alkyl halides is 13. The van der Waals surface area contributed by atoms with Gasteiger partial charge in [-0.2, -0.15) is 77.3 Å². The largest absolute Gasteiger partial charge is 0.502 e. The fourth-order valence-corrected chi connectivity index (χ4v) is 9.62. The number of methoxy groups -OCH3 is 1. The molecule has 0 aromatic heterocycles. The second-order valence-corrected chi connectivity index (χ2v) is 17.1. The Morgan fingerprint density at radius 2 is 1.44 bits per heavy atom. The highest BCUT2D eigenvalue weighted by atomic mass is 32.2. The molecular formula is C36H45F13O6S2. The van der Waals surface area contributed by atoms with E-state index >= 15 is 8.78 Å². The van der Waals surface area contributed by atoms with Crippen molar-refractivity contribution in [2.24, 2.45) is 35.5 Å². The molecule has 1 aromatic rings. The summed E-state index contributed by atoms with van der Waals surface area (Å²) in [6, 6.07) is 9.19. The van der Waals surface area contributed by atoms with Crippen molar-refractivity contribution in [1.29, 1.82) is 0 Å². The Bertz CT molecular complexity index is 1580. The van der Waals surface area contributed by atoms with Gasteiger partial charge in [0, 0.05) is 24.0 Å². The Labute approximate surface area is 326 Å². The minimum atomic E-state index is -7.98. The molecule has 2 saturated carbocycles. The molecule has 6 nitrogen and oxygen atoms in total. The molecule has 57 heavy (non-hydrogen) atoms. The molecule has 0 saturated heterocycles. The van der Waals surface area contributed by atoms with Crippen LogP contribution >= 0.6 is 11.8 Å². The van der Waals surface area contributed by atoms with Gasteiger partial charge in [-0.3, -0.25) is 4.55 Å². The molecule has 0 amide bonds. The Morgan fingerprint density at radius 1 is 0.807 bits per heavy atom. The summed E-state index contributed by atoms with van der Waals surface area (Å²) in [5.74, 6) is -44.4. The minimum absolute atomic E-state index is 0.0557. The number of allylic oxidation sites excluding steroid dienone is 3. The molecular weight excluding hydrogens is 839 g/mol. The average molecular weight is 885 g/mol. The van der Waals surface area contributed by atoms with E-state index in [1.54, 1.807) is 6.08 Å². The summed E-state index contributed by atoms with van der Waals surface area (Å²) in [4.78, 5) is 0. The van der Waals surface area contributed by atoms with Crippen LogP contribution in [0.2, 0.25) is 0 Å². The molecule has 3 rings (SSSR count). The van der Waals surface area contributed by atoms with Crippen LogP contribution in [0, 0.1) is 35.5 Å². The predicted molar refractivity (Wildman–Crippen MR) is 186 cm³/mol. The zero-order chi connectivity index (χ0) is 43.1. The maximum Gasteiger partial charge on any atom is 0.460 e. The minimum Gasteiger partial charge on any atom is -0.502 e. The fourth-order valence-electron chi connectivity index (χ4n) is 7.29. The Kier molecular flexibility index (Phi) is 16.8. The number of benzene rings is 1. The number of hydrogen-bond acceptors (Lipinski definition) is 6. The van der Waals surface area contributed by atoms with Crippen molar-refractivity contribution in [1.82, 2.24) is 0 Å². The highest BCUT2D eigenvalue weighted by molar-refractivity contribution is 8.00. The van der Waals surface area contributed by atoms with Crippen LogP contribution < -0.4 is 0 Å². The number of halogens is 13. The zero-order valence-corrected chi connectivity index (χ0v) is 32.4. The zero-order valence-electron chi connectivity index (χ0n) is 30.7. The van der Waals surface area contributed by atoms with E-state index in [2.05, 4.69) is 0 Å². The van der Waals surface area contributed by atoms with Crippen molar-refractivity contribution in [3.8, 4) is 0 Å². The maximum atomic E-state index is 15.6. The third-order valence-electron chi connectivity index (χ3n) is 10.3. The van der Waals surface area contributed by atoms with E-state index in [0.29, 0.717) is 19.3 Å². The molecule has 21 heteroatoms.